The number of benzene rings is 2. The van der Waals surface area contributed by atoms with Gasteiger partial charge in [0, 0.05) is 29.9 Å². The van der Waals surface area contributed by atoms with Crippen LogP contribution in [0.25, 0.3) is 0 Å². The first-order valence-corrected chi connectivity index (χ1v) is 12.4. The van der Waals surface area contributed by atoms with Crippen LogP contribution >= 0.6 is 0 Å². The summed E-state index contributed by atoms with van der Waals surface area (Å²) < 4.78 is 153. The number of carbonyl (C=O) groups is 2. The molecule has 0 aliphatic heterocycles. The van der Waals surface area contributed by atoms with Crippen molar-refractivity contribution >= 4 is 23.2 Å². The van der Waals surface area contributed by atoms with E-state index in [1.807, 2.05) is 5.32 Å². The number of amides is 2. The van der Waals surface area contributed by atoms with E-state index in [1.54, 1.807) is 0 Å². The molecule has 1 heterocycles. The van der Waals surface area contributed by atoms with Gasteiger partial charge in [-0.15, -0.1) is 0 Å². The molecule has 1 aliphatic carbocycles. The third-order valence-corrected chi connectivity index (χ3v) is 6.50. The Kier molecular flexibility index (Phi) is 8.80. The lowest BCUT2D eigenvalue weighted by Gasteiger charge is -2.30. The van der Waals surface area contributed by atoms with Gasteiger partial charge in [-0.25, -0.2) is 13.8 Å². The molecule has 0 bridgehead atoms. The number of aromatic nitrogens is 1. The fraction of sp³-hybridized carbons (Fsp3) is 0.296. The van der Waals surface area contributed by atoms with Gasteiger partial charge in [-0.05, 0) is 49.1 Å². The van der Waals surface area contributed by atoms with Gasteiger partial charge in [0.2, 0.25) is 5.95 Å². The van der Waals surface area contributed by atoms with Gasteiger partial charge in [0.15, 0.2) is 5.82 Å². The fourth-order valence-corrected chi connectivity index (χ4v) is 4.16. The Hall–Kier alpha value is -4.44. The minimum absolute atomic E-state index is 0.0397. The maximum absolute atomic E-state index is 15.7. The van der Waals surface area contributed by atoms with Crippen LogP contribution in [0.2, 0.25) is 0 Å². The van der Waals surface area contributed by atoms with E-state index < -0.39 is 76.5 Å². The molecule has 1 N–H and O–H groups in total. The van der Waals surface area contributed by atoms with E-state index in [2.05, 4.69) is 9.72 Å². The number of nitrogens with one attached hydrogen (secondary N) is 1. The van der Waals surface area contributed by atoms with Crippen molar-refractivity contribution in [2.75, 3.05) is 16.8 Å². The maximum atomic E-state index is 15.7. The van der Waals surface area contributed by atoms with E-state index in [1.165, 1.54) is 0 Å². The molecule has 1 fully saturated rings. The summed E-state index contributed by atoms with van der Waals surface area (Å²) in [6.07, 6.45) is -10.8. The predicted octanol–water partition coefficient (Wildman–Crippen LogP) is 7.56. The molecule has 3 aromatic rings. The normalized spacial score (nSPS) is 14.0. The van der Waals surface area contributed by atoms with E-state index in [0.717, 1.165) is 41.4 Å². The molecule has 17 heteroatoms. The highest BCUT2D eigenvalue weighted by atomic mass is 19.4. The average molecular weight is 641 g/mol. The molecule has 0 radical (unpaired) electrons. The van der Waals surface area contributed by atoms with Crippen LogP contribution in [-0.2, 0) is 5.67 Å². The van der Waals surface area contributed by atoms with Gasteiger partial charge >= 0.3 is 24.6 Å². The molecule has 6 nitrogen and oxygen atoms in total. The molecule has 1 saturated carbocycles. The van der Waals surface area contributed by atoms with E-state index in [4.69, 9.17) is 0 Å². The highest BCUT2D eigenvalue weighted by molar-refractivity contribution is 6.09. The second kappa shape index (κ2) is 11.9. The molecule has 0 spiro atoms. The summed E-state index contributed by atoms with van der Waals surface area (Å²) in [6.45, 7) is -3.89. The van der Waals surface area contributed by atoms with Crippen molar-refractivity contribution < 1.29 is 62.6 Å². The van der Waals surface area contributed by atoms with Crippen molar-refractivity contribution in [2.24, 2.45) is 5.92 Å². The molecule has 2 amide bonds. The number of carbonyl (C=O) groups excluding carboxylic acids is 2. The van der Waals surface area contributed by atoms with Crippen molar-refractivity contribution in [3.8, 4) is 5.75 Å². The minimum Gasteiger partial charge on any atom is -0.433 e. The lowest BCUT2D eigenvalue weighted by molar-refractivity contribution is -0.348. The van der Waals surface area contributed by atoms with Gasteiger partial charge in [0.05, 0.1) is 16.9 Å². The Morgan fingerprint density at radius 1 is 0.955 bits per heavy atom. The second-order valence-corrected chi connectivity index (χ2v) is 9.56. The Balaban J connectivity index is 1.71. The van der Waals surface area contributed by atoms with Crippen molar-refractivity contribution in [3.63, 3.8) is 0 Å². The zero-order chi connectivity index (χ0) is 32.6. The number of halogens is 11. The van der Waals surface area contributed by atoms with Crippen LogP contribution in [-0.4, -0.2) is 42.3 Å². The van der Waals surface area contributed by atoms with E-state index in [0.29, 0.717) is 12.8 Å². The van der Waals surface area contributed by atoms with Crippen LogP contribution in [0.5, 0.6) is 5.75 Å². The van der Waals surface area contributed by atoms with Crippen LogP contribution in [0.1, 0.15) is 39.1 Å². The summed E-state index contributed by atoms with van der Waals surface area (Å²) in [5.41, 5.74) is -10.6. The van der Waals surface area contributed by atoms with Gasteiger partial charge in [-0.1, -0.05) is 12.1 Å². The number of rotatable bonds is 9. The first-order valence-electron chi connectivity index (χ1n) is 12.4. The quantitative estimate of drug-likeness (QED) is 0.194. The summed E-state index contributed by atoms with van der Waals surface area (Å²) in [5.74, 6) is -6.20. The third kappa shape index (κ3) is 6.55. The molecule has 44 heavy (non-hydrogen) atoms. The van der Waals surface area contributed by atoms with Gasteiger partial charge in [0.25, 0.3) is 11.8 Å². The zero-order valence-corrected chi connectivity index (χ0v) is 21.7. The van der Waals surface area contributed by atoms with Gasteiger partial charge in [-0.3, -0.25) is 9.59 Å². The van der Waals surface area contributed by atoms with E-state index >= 15 is 4.39 Å². The highest BCUT2D eigenvalue weighted by Crippen LogP contribution is 2.54. The Morgan fingerprint density at radius 2 is 1.61 bits per heavy atom. The summed E-state index contributed by atoms with van der Waals surface area (Å²) in [6, 6.07) is 4.93. The molecule has 2 aromatic carbocycles. The molecule has 1 aromatic heterocycles. The average Bonchev–Trinajstić information content (AvgIpc) is 3.75. The summed E-state index contributed by atoms with van der Waals surface area (Å²) >= 11 is 0. The lowest BCUT2D eigenvalue weighted by atomic mass is 9.93. The Labute approximate surface area is 240 Å². The maximum Gasteiger partial charge on any atom is 0.435 e. The van der Waals surface area contributed by atoms with Crippen LogP contribution in [0, 0.1) is 17.7 Å². The van der Waals surface area contributed by atoms with Crippen molar-refractivity contribution in [3.05, 3.63) is 83.2 Å². The number of anilines is 2. The summed E-state index contributed by atoms with van der Waals surface area (Å²) in [7, 11) is 0. The van der Waals surface area contributed by atoms with Gasteiger partial charge in [0.1, 0.15) is 5.75 Å². The topological polar surface area (TPSA) is 71.5 Å². The summed E-state index contributed by atoms with van der Waals surface area (Å²) in [5, 5.41) is 1.83. The molecule has 1 aliphatic rings. The number of hydrogen-bond acceptors (Lipinski definition) is 4. The number of pyridine rings is 1. The zero-order valence-electron chi connectivity index (χ0n) is 21.7. The fourth-order valence-electron chi connectivity index (χ4n) is 4.16. The minimum atomic E-state index is -6.58. The van der Waals surface area contributed by atoms with Crippen molar-refractivity contribution in [1.29, 1.82) is 0 Å². The number of nitrogens with zero attached hydrogens (tertiary/aromatic N) is 2. The van der Waals surface area contributed by atoms with Crippen LogP contribution < -0.4 is 15.0 Å². The molecule has 0 atom stereocenters. The second-order valence-electron chi connectivity index (χ2n) is 9.56. The highest BCUT2D eigenvalue weighted by Gasteiger charge is 2.73. The van der Waals surface area contributed by atoms with E-state index in [9.17, 15) is 53.5 Å². The van der Waals surface area contributed by atoms with Crippen molar-refractivity contribution in [2.45, 2.75) is 37.5 Å². The molecule has 236 valence electrons. The van der Waals surface area contributed by atoms with Crippen molar-refractivity contribution in [1.82, 2.24) is 4.98 Å². The van der Waals surface area contributed by atoms with Gasteiger partial charge in [-0.2, -0.15) is 39.5 Å². The molecule has 0 unspecified atom stereocenters. The van der Waals surface area contributed by atoms with Crippen LogP contribution in [0.4, 0.5) is 59.7 Å². The van der Waals surface area contributed by atoms with Gasteiger partial charge < -0.3 is 15.0 Å². The first kappa shape index (κ1) is 32.5. The first-order chi connectivity index (χ1) is 20.4. The van der Waals surface area contributed by atoms with Crippen LogP contribution in [0.15, 0.2) is 54.7 Å². The predicted molar refractivity (Wildman–Crippen MR) is 131 cm³/mol. The number of hydrogen-bond donors (Lipinski definition) is 1. The number of ether oxygens (including phenoxy) is 1. The smallest absolute Gasteiger partial charge is 0.433 e. The van der Waals surface area contributed by atoms with Crippen LogP contribution in [0.3, 0.4) is 0 Å². The summed E-state index contributed by atoms with van der Waals surface area (Å²) in [4.78, 5) is 30.4. The monoisotopic (exact) mass is 641 g/mol. The molecule has 0 saturated heterocycles. The van der Waals surface area contributed by atoms with E-state index in [-0.39, 0.29) is 36.2 Å². The molecular weight excluding hydrogens is 623 g/mol. The Bertz CT molecular complexity index is 1540. The SMILES string of the molecule is O=C(Nc1ccc(C(F)(C(F)(F)F)C(F)(F)F)cc1OC(F)F)c1cccc(N(CC2CC2)C(=O)c2ccnc(F)c2)c1F. The Morgan fingerprint density at radius 3 is 2.18 bits per heavy atom. The largest absolute Gasteiger partial charge is 0.435 e. The lowest BCUT2D eigenvalue weighted by Crippen LogP contribution is -2.50. The molecular formula is C27H18F11N3O3. The number of alkyl halides is 9. The third-order valence-electron chi connectivity index (χ3n) is 6.50. The standard InChI is InChI=1S/C27H18F11N3O3/c28-20-10-14(8-9-39-20)23(43)41(12-13-4-5-13)18-3-1-2-16(21(18)29)22(42)40-17-7-6-15(11-19(17)44-24(30)31)25(32,26(33,34)35)27(36,37)38/h1-3,6-11,13,24H,4-5,12H2,(H,40,42). The molecule has 4 rings (SSSR count).